The summed E-state index contributed by atoms with van der Waals surface area (Å²) in [5, 5.41) is 6.72. The number of nitrogens with zero attached hydrogens (tertiary/aromatic N) is 2. The highest BCUT2D eigenvalue weighted by Crippen LogP contribution is 1.98. The van der Waals surface area contributed by atoms with E-state index in [1.807, 2.05) is 13.0 Å². The lowest BCUT2D eigenvalue weighted by molar-refractivity contribution is -0.137. The third-order valence-corrected chi connectivity index (χ3v) is 2.44. The Morgan fingerprint density at radius 3 is 2.84 bits per heavy atom. The minimum Gasteiger partial charge on any atom is -0.463 e. The average Bonchev–Trinajstić information content (AvgIpc) is 2.72. The fraction of sp³-hybridized carbons (Fsp3) is 0.462. The molecular weight excluding hydrogens is 246 g/mol. The maximum Gasteiger partial charge on any atom is 0.332 e. The van der Waals surface area contributed by atoms with Crippen molar-refractivity contribution in [1.82, 2.24) is 15.1 Å². The standard InChI is InChI=1S/C13H19N3O3/c1-4-19-13(18)9-10(2)15-12(17)6-8-16-11(3)5-7-14-16/h5,7,9H,4,6,8H2,1-3H3,(H,15,17)/b10-9+. The van der Waals surface area contributed by atoms with Crippen LogP contribution in [-0.4, -0.2) is 28.3 Å². The van der Waals surface area contributed by atoms with Crippen LogP contribution >= 0.6 is 0 Å². The van der Waals surface area contributed by atoms with Crippen LogP contribution in [0.1, 0.15) is 26.0 Å². The number of ether oxygens (including phenoxy) is 1. The summed E-state index contributed by atoms with van der Waals surface area (Å²) in [6, 6.07) is 1.88. The lowest BCUT2D eigenvalue weighted by Gasteiger charge is -2.06. The number of aromatic nitrogens is 2. The first-order valence-corrected chi connectivity index (χ1v) is 6.16. The van der Waals surface area contributed by atoms with Gasteiger partial charge in [0.25, 0.3) is 0 Å². The van der Waals surface area contributed by atoms with Crippen LogP contribution in [0.15, 0.2) is 24.0 Å². The molecule has 0 saturated carbocycles. The number of aryl methyl sites for hydroxylation is 2. The molecule has 0 unspecified atom stereocenters. The highest BCUT2D eigenvalue weighted by atomic mass is 16.5. The van der Waals surface area contributed by atoms with Gasteiger partial charge in [-0.3, -0.25) is 9.48 Å². The van der Waals surface area contributed by atoms with Crippen LogP contribution in [0.2, 0.25) is 0 Å². The number of rotatable bonds is 6. The molecule has 1 aromatic heterocycles. The SMILES string of the molecule is CCOC(=O)/C=C(\C)NC(=O)CCn1nccc1C. The van der Waals surface area contributed by atoms with E-state index in [0.717, 1.165) is 5.69 Å². The van der Waals surface area contributed by atoms with Crippen molar-refractivity contribution in [2.24, 2.45) is 0 Å². The molecule has 0 aliphatic heterocycles. The topological polar surface area (TPSA) is 73.2 Å². The molecule has 1 amide bonds. The fourth-order valence-electron chi connectivity index (χ4n) is 1.52. The number of hydrogen-bond donors (Lipinski definition) is 1. The largest absolute Gasteiger partial charge is 0.463 e. The van der Waals surface area contributed by atoms with E-state index < -0.39 is 5.97 Å². The van der Waals surface area contributed by atoms with Crippen molar-refractivity contribution in [3.05, 3.63) is 29.7 Å². The molecule has 0 bridgehead atoms. The van der Waals surface area contributed by atoms with Gasteiger partial charge in [-0.15, -0.1) is 0 Å². The van der Waals surface area contributed by atoms with Gasteiger partial charge in [-0.2, -0.15) is 5.10 Å². The Labute approximate surface area is 112 Å². The minimum atomic E-state index is -0.455. The molecule has 1 heterocycles. The number of amides is 1. The van der Waals surface area contributed by atoms with Crippen molar-refractivity contribution < 1.29 is 14.3 Å². The number of carbonyl (C=O) groups is 2. The van der Waals surface area contributed by atoms with E-state index in [4.69, 9.17) is 4.74 Å². The highest BCUT2D eigenvalue weighted by molar-refractivity contribution is 5.84. The van der Waals surface area contributed by atoms with Gasteiger partial charge in [0.2, 0.25) is 5.91 Å². The second kappa shape index (κ2) is 7.35. The summed E-state index contributed by atoms with van der Waals surface area (Å²) in [4.78, 5) is 22.8. The molecule has 1 N–H and O–H groups in total. The Morgan fingerprint density at radius 2 is 2.26 bits per heavy atom. The van der Waals surface area contributed by atoms with Crippen LogP contribution in [0.25, 0.3) is 0 Å². The lowest BCUT2D eigenvalue weighted by Crippen LogP contribution is -2.23. The van der Waals surface area contributed by atoms with Gasteiger partial charge in [-0.1, -0.05) is 0 Å². The minimum absolute atomic E-state index is 0.159. The summed E-state index contributed by atoms with van der Waals surface area (Å²) in [6.07, 6.45) is 3.26. The first-order chi connectivity index (χ1) is 9.02. The van der Waals surface area contributed by atoms with E-state index in [1.165, 1.54) is 6.08 Å². The molecule has 1 aromatic rings. The quantitative estimate of drug-likeness (QED) is 0.619. The summed E-state index contributed by atoms with van der Waals surface area (Å²) in [5.74, 6) is -0.615. The molecule has 0 spiro atoms. The van der Waals surface area contributed by atoms with E-state index in [0.29, 0.717) is 25.3 Å². The monoisotopic (exact) mass is 265 g/mol. The summed E-state index contributed by atoms with van der Waals surface area (Å²) < 4.78 is 6.50. The molecule has 1 rings (SSSR count). The number of hydrogen-bond acceptors (Lipinski definition) is 4. The molecule has 6 nitrogen and oxygen atoms in total. The van der Waals surface area contributed by atoms with E-state index in [2.05, 4.69) is 10.4 Å². The summed E-state index contributed by atoms with van der Waals surface area (Å²) in [6.45, 7) is 6.13. The summed E-state index contributed by atoms with van der Waals surface area (Å²) in [7, 11) is 0. The normalized spacial score (nSPS) is 11.2. The van der Waals surface area contributed by atoms with Gasteiger partial charge in [-0.25, -0.2) is 4.79 Å². The Balaban J connectivity index is 2.39. The van der Waals surface area contributed by atoms with Crippen LogP contribution in [0.3, 0.4) is 0 Å². The van der Waals surface area contributed by atoms with Crippen LogP contribution in [0, 0.1) is 6.92 Å². The molecule has 104 valence electrons. The third-order valence-electron chi connectivity index (χ3n) is 2.44. The van der Waals surface area contributed by atoms with Crippen LogP contribution in [-0.2, 0) is 20.9 Å². The van der Waals surface area contributed by atoms with Gasteiger partial charge >= 0.3 is 5.97 Å². The zero-order chi connectivity index (χ0) is 14.3. The number of carbonyl (C=O) groups excluding carboxylic acids is 2. The van der Waals surface area contributed by atoms with Crippen molar-refractivity contribution in [2.45, 2.75) is 33.7 Å². The summed E-state index contributed by atoms with van der Waals surface area (Å²) in [5.41, 5.74) is 1.48. The zero-order valence-electron chi connectivity index (χ0n) is 11.5. The van der Waals surface area contributed by atoms with Crippen molar-refractivity contribution in [3.8, 4) is 0 Å². The average molecular weight is 265 g/mol. The van der Waals surface area contributed by atoms with Gasteiger partial charge in [0.1, 0.15) is 0 Å². The Bertz CT molecular complexity index is 477. The van der Waals surface area contributed by atoms with E-state index >= 15 is 0 Å². The first-order valence-electron chi connectivity index (χ1n) is 6.16. The molecule has 0 saturated heterocycles. The van der Waals surface area contributed by atoms with E-state index in [1.54, 1.807) is 24.7 Å². The molecule has 0 aromatic carbocycles. The zero-order valence-corrected chi connectivity index (χ0v) is 11.5. The second-order valence-electron chi connectivity index (χ2n) is 4.07. The van der Waals surface area contributed by atoms with Crippen molar-refractivity contribution in [3.63, 3.8) is 0 Å². The maximum atomic E-state index is 11.7. The maximum absolute atomic E-state index is 11.7. The van der Waals surface area contributed by atoms with Crippen molar-refractivity contribution in [2.75, 3.05) is 6.61 Å². The van der Waals surface area contributed by atoms with Crippen molar-refractivity contribution in [1.29, 1.82) is 0 Å². The summed E-state index contributed by atoms with van der Waals surface area (Å²) >= 11 is 0. The molecular formula is C13H19N3O3. The molecule has 6 heteroatoms. The van der Waals surface area contributed by atoms with E-state index in [-0.39, 0.29) is 5.91 Å². The van der Waals surface area contributed by atoms with Crippen LogP contribution < -0.4 is 5.32 Å². The van der Waals surface area contributed by atoms with Gasteiger partial charge < -0.3 is 10.1 Å². The van der Waals surface area contributed by atoms with Gasteiger partial charge in [-0.05, 0) is 26.8 Å². The third kappa shape index (κ3) is 5.37. The molecule has 0 fully saturated rings. The molecule has 0 aliphatic rings. The fourth-order valence-corrected chi connectivity index (χ4v) is 1.52. The smallest absolute Gasteiger partial charge is 0.332 e. The van der Waals surface area contributed by atoms with Gasteiger partial charge in [0.15, 0.2) is 0 Å². The number of esters is 1. The van der Waals surface area contributed by atoms with Crippen LogP contribution in [0.4, 0.5) is 0 Å². The van der Waals surface area contributed by atoms with Crippen LogP contribution in [0.5, 0.6) is 0 Å². The second-order valence-corrected chi connectivity index (χ2v) is 4.07. The Morgan fingerprint density at radius 1 is 1.53 bits per heavy atom. The van der Waals surface area contributed by atoms with Gasteiger partial charge in [0.05, 0.1) is 6.61 Å². The number of nitrogens with one attached hydrogen (secondary N) is 1. The first kappa shape index (κ1) is 14.9. The Hall–Kier alpha value is -2.11. The lowest BCUT2D eigenvalue weighted by atomic mass is 10.3. The van der Waals surface area contributed by atoms with E-state index in [9.17, 15) is 9.59 Å². The van der Waals surface area contributed by atoms with Crippen molar-refractivity contribution >= 4 is 11.9 Å². The van der Waals surface area contributed by atoms with Gasteiger partial charge in [0, 0.05) is 36.6 Å². The molecule has 0 aliphatic carbocycles. The molecule has 0 radical (unpaired) electrons. The molecule has 0 atom stereocenters. The predicted molar refractivity (Wildman–Crippen MR) is 70.1 cm³/mol. The highest BCUT2D eigenvalue weighted by Gasteiger charge is 2.05. The molecule has 19 heavy (non-hydrogen) atoms. The Kier molecular flexibility index (Phi) is 5.78. The predicted octanol–water partition coefficient (Wildman–Crippen LogP) is 1.16. The number of allylic oxidation sites excluding steroid dienone is 1.